The number of piperidine rings is 1. The second kappa shape index (κ2) is 6.95. The van der Waals surface area contributed by atoms with Gasteiger partial charge < -0.3 is 5.32 Å². The van der Waals surface area contributed by atoms with Gasteiger partial charge in [-0.15, -0.1) is 0 Å². The zero-order chi connectivity index (χ0) is 16.3. The molecule has 2 aromatic rings. The lowest BCUT2D eigenvalue weighted by atomic mass is 10.1. The van der Waals surface area contributed by atoms with Crippen LogP contribution in [0.4, 0.5) is 0 Å². The van der Waals surface area contributed by atoms with E-state index in [2.05, 4.69) is 17.2 Å². The van der Waals surface area contributed by atoms with Crippen LogP contribution in [0.1, 0.15) is 26.2 Å². The van der Waals surface area contributed by atoms with Crippen LogP contribution in [0.25, 0.3) is 10.8 Å². The first-order valence-electron chi connectivity index (χ1n) is 8.19. The average Bonchev–Trinajstić information content (AvgIpc) is 2.59. The molecule has 0 bridgehead atoms. The van der Waals surface area contributed by atoms with E-state index in [4.69, 9.17) is 0 Å². The molecule has 1 aliphatic heterocycles. The summed E-state index contributed by atoms with van der Waals surface area (Å²) in [6.07, 6.45) is 6.18. The van der Waals surface area contributed by atoms with E-state index in [1.54, 1.807) is 34.9 Å². The fraction of sp³-hybridized carbons (Fsp3) is 0.471. The van der Waals surface area contributed by atoms with Crippen LogP contribution in [0.15, 0.2) is 41.6 Å². The Balaban J connectivity index is 1.82. The summed E-state index contributed by atoms with van der Waals surface area (Å²) >= 11 is 0. The lowest BCUT2D eigenvalue weighted by Gasteiger charge is -2.32. The maximum absolute atomic E-state index is 13.0. The van der Waals surface area contributed by atoms with Crippen molar-refractivity contribution >= 4 is 20.8 Å². The molecular formula is C17H23N3O2S. The number of benzene rings is 1. The summed E-state index contributed by atoms with van der Waals surface area (Å²) < 4.78 is 27.6. The molecular weight excluding hydrogens is 310 g/mol. The highest BCUT2D eigenvalue weighted by atomic mass is 32.2. The first-order chi connectivity index (χ1) is 11.1. The molecule has 6 heteroatoms. The van der Waals surface area contributed by atoms with Crippen molar-refractivity contribution in [2.24, 2.45) is 0 Å². The third-order valence-corrected chi connectivity index (χ3v) is 6.35. The molecule has 2 heterocycles. The van der Waals surface area contributed by atoms with Crippen LogP contribution < -0.4 is 5.32 Å². The van der Waals surface area contributed by atoms with Crippen LogP contribution in [0.3, 0.4) is 0 Å². The van der Waals surface area contributed by atoms with Crippen LogP contribution in [-0.2, 0) is 10.0 Å². The molecule has 0 atom stereocenters. The van der Waals surface area contributed by atoms with Gasteiger partial charge >= 0.3 is 0 Å². The number of rotatable bonds is 5. The molecule has 0 spiro atoms. The Bertz CT molecular complexity index is 763. The van der Waals surface area contributed by atoms with E-state index in [-0.39, 0.29) is 0 Å². The van der Waals surface area contributed by atoms with Crippen molar-refractivity contribution < 1.29 is 8.42 Å². The molecule has 124 valence electrons. The molecule has 0 amide bonds. The van der Waals surface area contributed by atoms with E-state index in [0.29, 0.717) is 24.0 Å². The number of sulfonamides is 1. The van der Waals surface area contributed by atoms with Gasteiger partial charge in [-0.3, -0.25) is 4.98 Å². The van der Waals surface area contributed by atoms with Gasteiger partial charge in [0.1, 0.15) is 0 Å². The molecule has 1 aromatic heterocycles. The minimum Gasteiger partial charge on any atom is -0.314 e. The van der Waals surface area contributed by atoms with Gasteiger partial charge in [0.2, 0.25) is 10.0 Å². The summed E-state index contributed by atoms with van der Waals surface area (Å²) in [5, 5.41) is 5.08. The van der Waals surface area contributed by atoms with Crippen molar-refractivity contribution in [3.63, 3.8) is 0 Å². The topological polar surface area (TPSA) is 62.3 Å². The van der Waals surface area contributed by atoms with Crippen molar-refractivity contribution in [3.05, 3.63) is 36.7 Å². The van der Waals surface area contributed by atoms with E-state index in [0.717, 1.165) is 36.6 Å². The van der Waals surface area contributed by atoms with E-state index in [1.807, 2.05) is 6.07 Å². The molecule has 0 unspecified atom stereocenters. The van der Waals surface area contributed by atoms with Gasteiger partial charge in [0.15, 0.2) is 0 Å². The van der Waals surface area contributed by atoms with Crippen molar-refractivity contribution in [3.8, 4) is 0 Å². The largest absolute Gasteiger partial charge is 0.314 e. The third-order valence-electron chi connectivity index (χ3n) is 4.40. The van der Waals surface area contributed by atoms with Gasteiger partial charge in [-0.1, -0.05) is 19.1 Å². The van der Waals surface area contributed by atoms with Crippen molar-refractivity contribution in [2.75, 3.05) is 19.6 Å². The molecule has 0 aliphatic carbocycles. The lowest BCUT2D eigenvalue weighted by Crippen LogP contribution is -2.45. The summed E-state index contributed by atoms with van der Waals surface area (Å²) in [6, 6.07) is 7.57. The Morgan fingerprint density at radius 2 is 2.04 bits per heavy atom. The Kier molecular flexibility index (Phi) is 4.94. The SMILES string of the molecule is CCCNC1CCN(S(=O)(=O)c2cccc3cnccc23)CC1. The predicted molar refractivity (Wildman–Crippen MR) is 91.8 cm³/mol. The van der Waals surface area contributed by atoms with Gasteiger partial charge in [-0.25, -0.2) is 8.42 Å². The standard InChI is InChI=1S/C17H23N3O2S/c1-2-9-19-15-7-11-20(12-8-15)23(21,22)17-5-3-4-14-13-18-10-6-16(14)17/h3-6,10,13,15,19H,2,7-9,11-12H2,1H3. The quantitative estimate of drug-likeness (QED) is 0.912. The zero-order valence-electron chi connectivity index (χ0n) is 13.4. The van der Waals surface area contributed by atoms with Gasteiger partial charge in [0.25, 0.3) is 0 Å². The van der Waals surface area contributed by atoms with Crippen LogP contribution in [0.5, 0.6) is 0 Å². The molecule has 1 saturated heterocycles. The van der Waals surface area contributed by atoms with Crippen molar-refractivity contribution in [1.29, 1.82) is 0 Å². The fourth-order valence-corrected chi connectivity index (χ4v) is 4.79. The molecule has 0 saturated carbocycles. The number of nitrogens with one attached hydrogen (secondary N) is 1. The van der Waals surface area contributed by atoms with Gasteiger partial charge in [-0.2, -0.15) is 4.31 Å². The summed E-state index contributed by atoms with van der Waals surface area (Å²) in [5.74, 6) is 0. The molecule has 1 aromatic carbocycles. The van der Waals surface area contributed by atoms with Crippen LogP contribution in [-0.4, -0.2) is 43.4 Å². The Labute approximate surface area is 137 Å². The molecule has 3 rings (SSSR count). The molecule has 1 fully saturated rings. The highest BCUT2D eigenvalue weighted by Crippen LogP contribution is 2.27. The second-order valence-electron chi connectivity index (χ2n) is 5.99. The normalized spacial score (nSPS) is 17.6. The second-order valence-corrected chi connectivity index (χ2v) is 7.89. The summed E-state index contributed by atoms with van der Waals surface area (Å²) in [5.41, 5.74) is 0. The Morgan fingerprint density at radius 1 is 1.26 bits per heavy atom. The highest BCUT2D eigenvalue weighted by Gasteiger charge is 2.30. The maximum Gasteiger partial charge on any atom is 0.243 e. The van der Waals surface area contributed by atoms with E-state index in [9.17, 15) is 8.42 Å². The van der Waals surface area contributed by atoms with Crippen molar-refractivity contribution in [1.82, 2.24) is 14.6 Å². The minimum absolute atomic E-state index is 0.386. The van der Waals surface area contributed by atoms with Gasteiger partial charge in [-0.05, 0) is 37.9 Å². The minimum atomic E-state index is -3.45. The molecule has 1 aliphatic rings. The molecule has 23 heavy (non-hydrogen) atoms. The van der Waals surface area contributed by atoms with E-state index in [1.165, 1.54) is 0 Å². The third kappa shape index (κ3) is 3.39. The zero-order valence-corrected chi connectivity index (χ0v) is 14.2. The Hall–Kier alpha value is -1.50. The fourth-order valence-electron chi connectivity index (χ4n) is 3.11. The lowest BCUT2D eigenvalue weighted by molar-refractivity contribution is 0.290. The van der Waals surface area contributed by atoms with Gasteiger partial charge in [0.05, 0.1) is 4.90 Å². The van der Waals surface area contributed by atoms with Crippen LogP contribution >= 0.6 is 0 Å². The highest BCUT2D eigenvalue weighted by molar-refractivity contribution is 7.89. The predicted octanol–water partition coefficient (Wildman–Crippen LogP) is 2.39. The van der Waals surface area contributed by atoms with Gasteiger partial charge in [0, 0.05) is 42.3 Å². The molecule has 0 radical (unpaired) electrons. The molecule has 5 nitrogen and oxygen atoms in total. The van der Waals surface area contributed by atoms with Crippen LogP contribution in [0, 0.1) is 0 Å². The average molecular weight is 333 g/mol. The number of hydrogen-bond donors (Lipinski definition) is 1. The van der Waals surface area contributed by atoms with E-state index < -0.39 is 10.0 Å². The van der Waals surface area contributed by atoms with Crippen LogP contribution in [0.2, 0.25) is 0 Å². The first-order valence-corrected chi connectivity index (χ1v) is 9.63. The molecule has 1 N–H and O–H groups in total. The number of hydrogen-bond acceptors (Lipinski definition) is 4. The first kappa shape index (κ1) is 16.4. The van der Waals surface area contributed by atoms with E-state index >= 15 is 0 Å². The maximum atomic E-state index is 13.0. The summed E-state index contributed by atoms with van der Waals surface area (Å²) in [7, 11) is -3.45. The number of nitrogens with zero attached hydrogens (tertiary/aromatic N) is 2. The Morgan fingerprint density at radius 3 is 2.78 bits per heavy atom. The number of pyridine rings is 1. The summed E-state index contributed by atoms with van der Waals surface area (Å²) in [6.45, 7) is 4.28. The monoisotopic (exact) mass is 333 g/mol. The number of aromatic nitrogens is 1. The summed E-state index contributed by atoms with van der Waals surface area (Å²) in [4.78, 5) is 4.46. The number of fused-ring (bicyclic) bond motifs is 1. The smallest absolute Gasteiger partial charge is 0.243 e. The van der Waals surface area contributed by atoms with Crippen molar-refractivity contribution in [2.45, 2.75) is 37.1 Å².